The van der Waals surface area contributed by atoms with Crippen molar-refractivity contribution in [1.29, 1.82) is 0 Å². The Morgan fingerprint density at radius 2 is 2.04 bits per heavy atom. The van der Waals surface area contributed by atoms with Gasteiger partial charge in [0.15, 0.2) is 0 Å². The number of carbonyl (C=O) groups is 1. The molecule has 2 bridgehead atoms. The molecule has 2 aromatic rings. The first-order valence-corrected chi connectivity index (χ1v) is 10.3. The third kappa shape index (κ3) is 2.60. The Balaban J connectivity index is 1.56. The number of fused-ring (bicyclic) bond motifs is 1. The molecule has 5 N–H and O–H groups in total. The Labute approximate surface area is 165 Å². The van der Waals surface area contributed by atoms with Crippen molar-refractivity contribution in [3.63, 3.8) is 0 Å². The van der Waals surface area contributed by atoms with Gasteiger partial charge in [0.25, 0.3) is 5.91 Å². The van der Waals surface area contributed by atoms with E-state index in [1.54, 1.807) is 12.1 Å². The third-order valence-corrected chi connectivity index (χ3v) is 7.22. The molecule has 1 heterocycles. The summed E-state index contributed by atoms with van der Waals surface area (Å²) in [5.74, 6) is 0.438. The van der Waals surface area contributed by atoms with Crippen molar-refractivity contribution < 1.29 is 9.90 Å². The van der Waals surface area contributed by atoms with Gasteiger partial charge >= 0.3 is 0 Å². The molecule has 146 valence electrons. The van der Waals surface area contributed by atoms with E-state index >= 15 is 0 Å². The predicted molar refractivity (Wildman–Crippen MR) is 110 cm³/mol. The average Bonchev–Trinajstić information content (AvgIpc) is 2.70. The maximum Gasteiger partial charge on any atom is 0.250 e. The molecule has 0 aromatic heterocycles. The minimum Gasteiger partial charge on any atom is -0.506 e. The summed E-state index contributed by atoms with van der Waals surface area (Å²) in [5.41, 5.74) is 10.0. The van der Waals surface area contributed by atoms with Crippen LogP contribution in [0.15, 0.2) is 36.4 Å². The molecular weight excluding hydrogens is 350 g/mol. The lowest BCUT2D eigenvalue weighted by Gasteiger charge is -2.56. The number of piperidine rings is 1. The first-order chi connectivity index (χ1) is 13.6. The molecule has 1 aliphatic heterocycles. The summed E-state index contributed by atoms with van der Waals surface area (Å²) in [6.45, 7) is 1.06. The van der Waals surface area contributed by atoms with Gasteiger partial charge in [0.2, 0.25) is 0 Å². The number of nitrogens with one attached hydrogen (secondary N) is 2. The highest BCUT2D eigenvalue weighted by Crippen LogP contribution is 2.55. The van der Waals surface area contributed by atoms with Crippen molar-refractivity contribution in [1.82, 2.24) is 5.32 Å². The maximum absolute atomic E-state index is 11.7. The molecular formula is C23H27N3O2. The van der Waals surface area contributed by atoms with E-state index in [0.717, 1.165) is 19.4 Å². The number of nitrogens with two attached hydrogens (primary N) is 1. The Morgan fingerprint density at radius 3 is 2.89 bits per heavy atom. The van der Waals surface area contributed by atoms with Gasteiger partial charge in [-0.05, 0) is 73.5 Å². The largest absolute Gasteiger partial charge is 0.506 e. The number of aromatic hydroxyl groups is 1. The van der Waals surface area contributed by atoms with E-state index in [1.165, 1.54) is 36.8 Å². The summed E-state index contributed by atoms with van der Waals surface area (Å²) in [4.78, 5) is 11.7. The Morgan fingerprint density at radius 1 is 1.18 bits per heavy atom. The number of phenolic OH excluding ortho intramolecular Hbond substituents is 1. The van der Waals surface area contributed by atoms with E-state index in [-0.39, 0.29) is 11.2 Å². The van der Waals surface area contributed by atoms with E-state index in [1.807, 2.05) is 18.2 Å². The molecule has 0 spiro atoms. The van der Waals surface area contributed by atoms with Crippen LogP contribution in [0.1, 0.15) is 53.6 Å². The van der Waals surface area contributed by atoms with Gasteiger partial charge in [-0.25, -0.2) is 0 Å². The van der Waals surface area contributed by atoms with Crippen LogP contribution in [0.5, 0.6) is 5.75 Å². The van der Waals surface area contributed by atoms with Crippen molar-refractivity contribution in [2.75, 3.05) is 11.9 Å². The number of amides is 1. The summed E-state index contributed by atoms with van der Waals surface area (Å²) in [6.07, 6.45) is 7.24. The zero-order valence-electron chi connectivity index (χ0n) is 16.0. The van der Waals surface area contributed by atoms with Gasteiger partial charge in [-0.3, -0.25) is 4.79 Å². The van der Waals surface area contributed by atoms with E-state index in [0.29, 0.717) is 28.9 Å². The number of para-hydroxylation sites is 1. The van der Waals surface area contributed by atoms with Crippen LogP contribution in [0.2, 0.25) is 0 Å². The standard InChI is InChI=1S/C23H27N3O2/c24-22(28)15-5-1-2-7-18(15)26-20-12-14-11-19-16-6-3-4-8-23(16,9-10-25-19)17(14)13-21(20)27/h1-2,5,7,12-13,16,19,25-27H,3-4,6,8-11H2,(H2,24,28)/t16-,19+,23+/m0/s1. The van der Waals surface area contributed by atoms with E-state index in [2.05, 4.69) is 16.7 Å². The molecule has 2 aliphatic carbocycles. The topological polar surface area (TPSA) is 87.4 Å². The van der Waals surface area contributed by atoms with Crippen LogP contribution in [0.3, 0.4) is 0 Å². The average molecular weight is 377 g/mol. The molecule has 0 radical (unpaired) electrons. The third-order valence-electron chi connectivity index (χ3n) is 7.22. The van der Waals surface area contributed by atoms with Crippen molar-refractivity contribution >= 4 is 17.3 Å². The number of phenols is 1. The van der Waals surface area contributed by atoms with Crippen LogP contribution in [-0.2, 0) is 11.8 Å². The van der Waals surface area contributed by atoms with Crippen molar-refractivity contribution in [3.8, 4) is 5.75 Å². The number of benzene rings is 2. The molecule has 5 heteroatoms. The minimum atomic E-state index is -0.483. The number of rotatable bonds is 3. The molecule has 3 atom stereocenters. The van der Waals surface area contributed by atoms with Gasteiger partial charge in [-0.2, -0.15) is 0 Å². The van der Waals surface area contributed by atoms with Crippen LogP contribution >= 0.6 is 0 Å². The minimum absolute atomic E-state index is 0.211. The van der Waals surface area contributed by atoms with Crippen LogP contribution in [0, 0.1) is 5.92 Å². The van der Waals surface area contributed by atoms with Gasteiger partial charge in [0.1, 0.15) is 5.75 Å². The normalized spacial score (nSPS) is 28.1. The van der Waals surface area contributed by atoms with Crippen LogP contribution in [0.25, 0.3) is 0 Å². The van der Waals surface area contributed by atoms with Gasteiger partial charge in [-0.1, -0.05) is 25.0 Å². The lowest BCUT2D eigenvalue weighted by Crippen LogP contribution is -2.59. The van der Waals surface area contributed by atoms with E-state index < -0.39 is 5.91 Å². The maximum atomic E-state index is 11.7. The summed E-state index contributed by atoms with van der Waals surface area (Å²) in [5, 5.41) is 17.8. The van der Waals surface area contributed by atoms with E-state index in [4.69, 9.17) is 5.73 Å². The first-order valence-electron chi connectivity index (χ1n) is 10.3. The van der Waals surface area contributed by atoms with Crippen molar-refractivity contribution in [2.45, 2.75) is 50.0 Å². The number of carbonyl (C=O) groups excluding carboxylic acids is 1. The zero-order valence-corrected chi connectivity index (χ0v) is 16.0. The number of hydrogen-bond donors (Lipinski definition) is 4. The van der Waals surface area contributed by atoms with Crippen LogP contribution in [-0.4, -0.2) is 23.6 Å². The Bertz CT molecular complexity index is 937. The van der Waals surface area contributed by atoms with Crippen molar-refractivity contribution in [2.24, 2.45) is 11.7 Å². The van der Waals surface area contributed by atoms with Gasteiger partial charge < -0.3 is 21.5 Å². The summed E-state index contributed by atoms with van der Waals surface area (Å²) in [6, 6.07) is 11.7. The van der Waals surface area contributed by atoms with Crippen molar-refractivity contribution in [3.05, 3.63) is 53.1 Å². The Hall–Kier alpha value is -2.53. The van der Waals surface area contributed by atoms with Gasteiger partial charge in [0, 0.05) is 11.5 Å². The number of primary amides is 1. The molecule has 1 saturated carbocycles. The number of anilines is 2. The molecule has 1 amide bonds. The lowest BCUT2D eigenvalue weighted by molar-refractivity contribution is 0.0796. The lowest BCUT2D eigenvalue weighted by atomic mass is 9.53. The first kappa shape index (κ1) is 17.6. The highest BCUT2D eigenvalue weighted by atomic mass is 16.3. The fourth-order valence-electron chi connectivity index (χ4n) is 6.02. The quantitative estimate of drug-likeness (QED) is 0.616. The molecule has 3 aliphatic rings. The second kappa shape index (κ2) is 6.52. The monoisotopic (exact) mass is 377 g/mol. The summed E-state index contributed by atoms with van der Waals surface area (Å²) < 4.78 is 0. The molecule has 0 unspecified atom stereocenters. The summed E-state index contributed by atoms with van der Waals surface area (Å²) in [7, 11) is 0. The molecule has 1 saturated heterocycles. The highest BCUT2D eigenvalue weighted by molar-refractivity contribution is 5.99. The highest BCUT2D eigenvalue weighted by Gasteiger charge is 2.51. The fourth-order valence-corrected chi connectivity index (χ4v) is 6.02. The summed E-state index contributed by atoms with van der Waals surface area (Å²) >= 11 is 0. The molecule has 2 aromatic carbocycles. The van der Waals surface area contributed by atoms with Crippen LogP contribution in [0.4, 0.5) is 11.4 Å². The SMILES string of the molecule is NC(=O)c1ccccc1Nc1cc2c(cc1O)[C@@]13CCCC[C@H]1[C@@H](C2)NCC3. The second-order valence-corrected chi connectivity index (χ2v) is 8.58. The van der Waals surface area contributed by atoms with Gasteiger partial charge in [-0.15, -0.1) is 0 Å². The molecule has 5 rings (SSSR count). The number of hydrogen-bond acceptors (Lipinski definition) is 4. The molecule has 28 heavy (non-hydrogen) atoms. The molecule has 5 nitrogen and oxygen atoms in total. The van der Waals surface area contributed by atoms with E-state index in [9.17, 15) is 9.90 Å². The smallest absolute Gasteiger partial charge is 0.250 e. The zero-order chi connectivity index (χ0) is 19.3. The second-order valence-electron chi connectivity index (χ2n) is 8.58. The fraction of sp³-hybridized carbons (Fsp3) is 0.435. The molecule has 2 fully saturated rings. The Kier molecular flexibility index (Phi) is 4.09. The predicted octanol–water partition coefficient (Wildman–Crippen LogP) is 3.58. The van der Waals surface area contributed by atoms with Gasteiger partial charge in [0.05, 0.1) is 16.9 Å². The van der Waals surface area contributed by atoms with Crippen LogP contribution < -0.4 is 16.4 Å².